The third kappa shape index (κ3) is 3.13. The fraction of sp³-hybridized carbons (Fsp3) is 0.700. The summed E-state index contributed by atoms with van der Waals surface area (Å²) in [4.78, 5) is 10.7. The molecule has 1 aromatic rings. The molecule has 0 amide bonds. The Morgan fingerprint density at radius 2 is 2.27 bits per heavy atom. The summed E-state index contributed by atoms with van der Waals surface area (Å²) in [6.07, 6.45) is 2.56. The van der Waals surface area contributed by atoms with Crippen molar-refractivity contribution in [1.82, 2.24) is 15.0 Å². The monoisotopic (exact) mass is 211 g/mol. The second-order valence-corrected chi connectivity index (χ2v) is 3.21. The fourth-order valence-electron chi connectivity index (χ4n) is 1.41. The van der Waals surface area contributed by atoms with E-state index in [1.165, 1.54) is 0 Å². The molecule has 0 N–H and O–H groups in total. The van der Waals surface area contributed by atoms with Gasteiger partial charge in [0, 0.05) is 6.61 Å². The first-order valence-corrected chi connectivity index (χ1v) is 5.28. The maximum Gasteiger partial charge on any atom is 0.172 e. The van der Waals surface area contributed by atoms with E-state index in [0.717, 1.165) is 24.8 Å². The van der Waals surface area contributed by atoms with Crippen molar-refractivity contribution in [3.63, 3.8) is 0 Å². The van der Waals surface area contributed by atoms with E-state index in [1.807, 2.05) is 6.92 Å². The Labute approximate surface area is 89.4 Å². The molecule has 0 spiro atoms. The number of ether oxygens (including phenoxy) is 1. The maximum absolute atomic E-state index is 10.7. The van der Waals surface area contributed by atoms with Crippen molar-refractivity contribution in [3.8, 4) is 0 Å². The lowest BCUT2D eigenvalue weighted by molar-refractivity contribution is 0.111. The van der Waals surface area contributed by atoms with Crippen molar-refractivity contribution < 1.29 is 9.53 Å². The van der Waals surface area contributed by atoms with E-state index in [4.69, 9.17) is 4.74 Å². The summed E-state index contributed by atoms with van der Waals surface area (Å²) in [6.45, 7) is 5.97. The molecule has 0 fully saturated rings. The number of nitrogens with zero attached hydrogens (tertiary/aromatic N) is 3. The Morgan fingerprint density at radius 1 is 1.47 bits per heavy atom. The van der Waals surface area contributed by atoms with Crippen LogP contribution in [0.15, 0.2) is 0 Å². The molecule has 0 aromatic carbocycles. The topological polar surface area (TPSA) is 57.0 Å². The van der Waals surface area contributed by atoms with Crippen molar-refractivity contribution in [1.29, 1.82) is 0 Å². The molecule has 0 radical (unpaired) electrons. The lowest BCUT2D eigenvalue weighted by atomic mass is 10.2. The van der Waals surface area contributed by atoms with Crippen molar-refractivity contribution in [3.05, 3.63) is 11.4 Å². The lowest BCUT2D eigenvalue weighted by Gasteiger charge is -2.05. The highest BCUT2D eigenvalue weighted by Gasteiger charge is 2.10. The fourth-order valence-corrected chi connectivity index (χ4v) is 1.41. The van der Waals surface area contributed by atoms with E-state index in [0.29, 0.717) is 25.5 Å². The Hall–Kier alpha value is -1.23. The molecule has 5 nitrogen and oxygen atoms in total. The van der Waals surface area contributed by atoms with E-state index >= 15 is 0 Å². The quantitative estimate of drug-likeness (QED) is 0.500. The van der Waals surface area contributed by atoms with E-state index < -0.39 is 0 Å². The highest BCUT2D eigenvalue weighted by molar-refractivity contribution is 5.73. The van der Waals surface area contributed by atoms with Gasteiger partial charge in [-0.05, 0) is 13.3 Å². The molecule has 84 valence electrons. The molecule has 1 aromatic heterocycles. The molecular weight excluding hydrogens is 194 g/mol. The van der Waals surface area contributed by atoms with Crippen LogP contribution in [0.5, 0.6) is 0 Å². The summed E-state index contributed by atoms with van der Waals surface area (Å²) in [7, 11) is 0. The number of aldehydes is 1. The van der Waals surface area contributed by atoms with Crippen LogP contribution in [0.4, 0.5) is 0 Å². The molecule has 0 bridgehead atoms. The predicted molar refractivity (Wildman–Crippen MR) is 55.9 cm³/mol. The van der Waals surface area contributed by atoms with Gasteiger partial charge in [0.25, 0.3) is 0 Å². The number of rotatable bonds is 7. The number of carbonyl (C=O) groups excluding carboxylic acids is 1. The standard InChI is InChI=1S/C10H17N3O2/c1-3-5-10-9(8-14)11-12-13(10)6-7-15-4-2/h8H,3-7H2,1-2H3. The zero-order valence-electron chi connectivity index (χ0n) is 9.27. The van der Waals surface area contributed by atoms with Crippen LogP contribution in [0.25, 0.3) is 0 Å². The lowest BCUT2D eigenvalue weighted by Crippen LogP contribution is -2.11. The maximum atomic E-state index is 10.7. The highest BCUT2D eigenvalue weighted by Crippen LogP contribution is 2.06. The Bertz CT molecular complexity index is 310. The normalized spacial score (nSPS) is 10.5. The van der Waals surface area contributed by atoms with Gasteiger partial charge in [-0.2, -0.15) is 0 Å². The number of hydrogen-bond acceptors (Lipinski definition) is 4. The number of carbonyl (C=O) groups is 1. The molecule has 5 heteroatoms. The van der Waals surface area contributed by atoms with Crippen LogP contribution in [0.2, 0.25) is 0 Å². The van der Waals surface area contributed by atoms with Gasteiger partial charge in [0.1, 0.15) is 5.69 Å². The zero-order chi connectivity index (χ0) is 11.1. The molecule has 0 aliphatic rings. The van der Waals surface area contributed by atoms with Gasteiger partial charge in [0.05, 0.1) is 18.8 Å². The van der Waals surface area contributed by atoms with E-state index in [2.05, 4.69) is 17.2 Å². The minimum atomic E-state index is 0.452. The Morgan fingerprint density at radius 3 is 2.87 bits per heavy atom. The van der Waals surface area contributed by atoms with E-state index in [9.17, 15) is 4.79 Å². The van der Waals surface area contributed by atoms with Crippen LogP contribution in [-0.4, -0.2) is 34.5 Å². The van der Waals surface area contributed by atoms with Gasteiger partial charge < -0.3 is 4.74 Å². The predicted octanol–water partition coefficient (Wildman–Crippen LogP) is 1.08. The van der Waals surface area contributed by atoms with Crippen LogP contribution >= 0.6 is 0 Å². The molecule has 0 saturated carbocycles. The first kappa shape index (κ1) is 11.8. The van der Waals surface area contributed by atoms with E-state index in [1.54, 1.807) is 4.68 Å². The SMILES string of the molecule is CCCc1c(C=O)nnn1CCOCC. The van der Waals surface area contributed by atoms with Gasteiger partial charge >= 0.3 is 0 Å². The summed E-state index contributed by atoms with van der Waals surface area (Å²) in [5.41, 5.74) is 1.36. The van der Waals surface area contributed by atoms with Crippen molar-refractivity contribution >= 4 is 6.29 Å². The highest BCUT2D eigenvalue weighted by atomic mass is 16.5. The molecule has 0 atom stereocenters. The minimum Gasteiger partial charge on any atom is -0.380 e. The van der Waals surface area contributed by atoms with Gasteiger partial charge in [-0.15, -0.1) is 5.10 Å². The molecule has 15 heavy (non-hydrogen) atoms. The van der Waals surface area contributed by atoms with Gasteiger partial charge in [-0.25, -0.2) is 4.68 Å². The number of aromatic nitrogens is 3. The molecule has 0 unspecified atom stereocenters. The molecule has 1 heterocycles. The van der Waals surface area contributed by atoms with Crippen LogP contribution in [0.3, 0.4) is 0 Å². The molecule has 0 saturated heterocycles. The molecule has 0 aliphatic heterocycles. The average Bonchev–Trinajstić information content (AvgIpc) is 2.62. The van der Waals surface area contributed by atoms with Crippen LogP contribution in [-0.2, 0) is 17.7 Å². The Balaban J connectivity index is 2.68. The second kappa shape index (κ2) is 6.29. The van der Waals surface area contributed by atoms with Crippen molar-refractivity contribution in [2.45, 2.75) is 33.2 Å². The zero-order valence-corrected chi connectivity index (χ0v) is 9.27. The average molecular weight is 211 g/mol. The van der Waals surface area contributed by atoms with Crippen LogP contribution in [0, 0.1) is 0 Å². The first-order valence-electron chi connectivity index (χ1n) is 5.28. The summed E-state index contributed by atoms with van der Waals surface area (Å²) in [5, 5.41) is 7.75. The van der Waals surface area contributed by atoms with Gasteiger partial charge in [0.2, 0.25) is 0 Å². The second-order valence-electron chi connectivity index (χ2n) is 3.21. The van der Waals surface area contributed by atoms with Gasteiger partial charge in [0.15, 0.2) is 6.29 Å². The summed E-state index contributed by atoms with van der Waals surface area (Å²) >= 11 is 0. The summed E-state index contributed by atoms with van der Waals surface area (Å²) in [6, 6.07) is 0. The van der Waals surface area contributed by atoms with Crippen molar-refractivity contribution in [2.75, 3.05) is 13.2 Å². The summed E-state index contributed by atoms with van der Waals surface area (Å²) < 4.78 is 6.99. The minimum absolute atomic E-state index is 0.452. The van der Waals surface area contributed by atoms with Gasteiger partial charge in [-0.1, -0.05) is 18.6 Å². The smallest absolute Gasteiger partial charge is 0.172 e. The Kier molecular flexibility index (Phi) is 4.97. The first-order chi connectivity index (χ1) is 7.33. The van der Waals surface area contributed by atoms with Crippen molar-refractivity contribution in [2.24, 2.45) is 0 Å². The van der Waals surface area contributed by atoms with E-state index in [-0.39, 0.29) is 0 Å². The van der Waals surface area contributed by atoms with Crippen LogP contribution in [0.1, 0.15) is 36.5 Å². The molecule has 0 aliphatic carbocycles. The third-order valence-corrected chi connectivity index (χ3v) is 2.12. The van der Waals surface area contributed by atoms with Gasteiger partial charge in [-0.3, -0.25) is 4.79 Å². The molecule has 1 rings (SSSR count). The largest absolute Gasteiger partial charge is 0.380 e. The summed E-state index contributed by atoms with van der Waals surface area (Å²) in [5.74, 6) is 0. The molecular formula is C10H17N3O2. The third-order valence-electron chi connectivity index (χ3n) is 2.12. The number of hydrogen-bond donors (Lipinski definition) is 0. The van der Waals surface area contributed by atoms with Crippen LogP contribution < -0.4 is 0 Å².